The lowest BCUT2D eigenvalue weighted by molar-refractivity contribution is -0.139. The van der Waals surface area contributed by atoms with E-state index in [4.69, 9.17) is 34.8 Å². The lowest BCUT2D eigenvalue weighted by atomic mass is 10.1. The van der Waals surface area contributed by atoms with Crippen LogP contribution in [-0.2, 0) is 26.2 Å². The molecule has 1 N–H and O–H groups in total. The van der Waals surface area contributed by atoms with Crippen LogP contribution in [0.1, 0.15) is 31.4 Å². The van der Waals surface area contributed by atoms with Crippen LogP contribution in [0.15, 0.2) is 71.6 Å². The second kappa shape index (κ2) is 13.5. The molecule has 0 saturated carbocycles. The topological polar surface area (TPSA) is 86.8 Å². The number of rotatable bonds is 11. The Morgan fingerprint density at radius 2 is 1.49 bits per heavy atom. The summed E-state index contributed by atoms with van der Waals surface area (Å²) in [4.78, 5) is 28.1. The van der Waals surface area contributed by atoms with Crippen molar-refractivity contribution in [3.8, 4) is 0 Å². The fourth-order valence-corrected chi connectivity index (χ4v) is 6.07. The summed E-state index contributed by atoms with van der Waals surface area (Å²) in [7, 11) is -4.22. The number of nitrogens with one attached hydrogen (secondary N) is 1. The number of benzene rings is 3. The molecule has 0 fully saturated rings. The molecule has 0 aliphatic heterocycles. The first-order valence-electron chi connectivity index (χ1n) is 12.3. The molecule has 0 aromatic heterocycles. The summed E-state index contributed by atoms with van der Waals surface area (Å²) in [5.74, 6) is -1.03. The molecule has 2 amide bonds. The van der Waals surface area contributed by atoms with Crippen molar-refractivity contribution in [3.05, 3.63) is 92.9 Å². The Balaban J connectivity index is 2.07. The summed E-state index contributed by atoms with van der Waals surface area (Å²) in [5.41, 5.74) is 1.45. The van der Waals surface area contributed by atoms with E-state index in [1.54, 1.807) is 55.5 Å². The predicted molar refractivity (Wildman–Crippen MR) is 157 cm³/mol. The molecule has 0 spiro atoms. The standard InChI is InChI=1S/C28H30Cl3N3O4S/c1-4-16-32-28(36)20(3)33(17-22-23(29)9-7-10-24(22)30)27(35)18-34(26-11-6-5-8-25(26)31)39(37,38)21-14-12-19(2)13-15-21/h5-15,20H,4,16-18H2,1-3H3,(H,32,36)/t20-/m1/s1. The molecular formula is C28H30Cl3N3O4S. The average Bonchev–Trinajstić information content (AvgIpc) is 2.90. The summed E-state index contributed by atoms with van der Waals surface area (Å²) >= 11 is 19.2. The highest BCUT2D eigenvalue weighted by molar-refractivity contribution is 7.92. The maximum atomic E-state index is 13.9. The molecular weight excluding hydrogens is 581 g/mol. The molecule has 11 heteroatoms. The van der Waals surface area contributed by atoms with Crippen LogP contribution in [0.4, 0.5) is 5.69 Å². The quantitative estimate of drug-likeness (QED) is 0.285. The molecule has 0 unspecified atom stereocenters. The summed E-state index contributed by atoms with van der Waals surface area (Å²) in [6.45, 7) is 5.02. The number of carbonyl (C=O) groups is 2. The van der Waals surface area contributed by atoms with Crippen molar-refractivity contribution in [2.24, 2.45) is 0 Å². The van der Waals surface area contributed by atoms with Gasteiger partial charge in [0, 0.05) is 28.7 Å². The number of nitrogens with zero attached hydrogens (tertiary/aromatic N) is 2. The van der Waals surface area contributed by atoms with Gasteiger partial charge in [-0.25, -0.2) is 8.42 Å². The minimum absolute atomic E-state index is 0.00439. The van der Waals surface area contributed by atoms with E-state index in [2.05, 4.69) is 5.32 Å². The van der Waals surface area contributed by atoms with Crippen LogP contribution in [0.5, 0.6) is 0 Å². The lowest BCUT2D eigenvalue weighted by Gasteiger charge is -2.32. The van der Waals surface area contributed by atoms with E-state index in [1.807, 2.05) is 13.8 Å². The van der Waals surface area contributed by atoms with Gasteiger partial charge in [0.25, 0.3) is 10.0 Å². The van der Waals surface area contributed by atoms with Crippen molar-refractivity contribution in [2.45, 2.75) is 44.7 Å². The molecule has 0 aliphatic rings. The van der Waals surface area contributed by atoms with E-state index in [0.29, 0.717) is 28.6 Å². The third-order valence-electron chi connectivity index (χ3n) is 6.12. The third kappa shape index (κ3) is 7.45. The van der Waals surface area contributed by atoms with Crippen molar-refractivity contribution in [1.82, 2.24) is 10.2 Å². The number of amides is 2. The Kier molecular flexibility index (Phi) is 10.7. The van der Waals surface area contributed by atoms with Crippen molar-refractivity contribution in [2.75, 3.05) is 17.4 Å². The molecule has 7 nitrogen and oxygen atoms in total. The van der Waals surface area contributed by atoms with Crippen LogP contribution < -0.4 is 9.62 Å². The highest BCUT2D eigenvalue weighted by atomic mass is 35.5. The van der Waals surface area contributed by atoms with Gasteiger partial charge in [-0.2, -0.15) is 0 Å². The van der Waals surface area contributed by atoms with Crippen LogP contribution in [0.2, 0.25) is 15.1 Å². The van der Waals surface area contributed by atoms with Gasteiger partial charge in [0.05, 0.1) is 15.6 Å². The number of aryl methyl sites for hydroxylation is 1. The minimum atomic E-state index is -4.22. The Labute approximate surface area is 244 Å². The van der Waals surface area contributed by atoms with Crippen molar-refractivity contribution >= 4 is 62.3 Å². The molecule has 0 saturated heterocycles. The minimum Gasteiger partial charge on any atom is -0.354 e. The van der Waals surface area contributed by atoms with Crippen LogP contribution in [-0.4, -0.2) is 44.3 Å². The van der Waals surface area contributed by atoms with E-state index in [0.717, 1.165) is 9.87 Å². The highest BCUT2D eigenvalue weighted by Gasteiger charge is 2.33. The van der Waals surface area contributed by atoms with E-state index in [9.17, 15) is 18.0 Å². The van der Waals surface area contributed by atoms with Gasteiger partial charge in [0.1, 0.15) is 12.6 Å². The normalized spacial score (nSPS) is 12.1. The fourth-order valence-electron chi connectivity index (χ4n) is 3.84. The zero-order chi connectivity index (χ0) is 28.7. The first kappa shape index (κ1) is 30.8. The van der Waals surface area contributed by atoms with Crippen molar-refractivity contribution in [3.63, 3.8) is 0 Å². The largest absolute Gasteiger partial charge is 0.354 e. The number of halogens is 3. The van der Waals surface area contributed by atoms with Gasteiger partial charge in [0.15, 0.2) is 0 Å². The first-order valence-corrected chi connectivity index (χ1v) is 14.9. The van der Waals surface area contributed by atoms with Gasteiger partial charge < -0.3 is 10.2 Å². The SMILES string of the molecule is CCCNC(=O)[C@@H](C)N(Cc1c(Cl)cccc1Cl)C(=O)CN(c1ccccc1Cl)S(=O)(=O)c1ccc(C)cc1. The van der Waals surface area contributed by atoms with Gasteiger partial charge in [-0.3, -0.25) is 13.9 Å². The predicted octanol–water partition coefficient (Wildman–Crippen LogP) is 6.09. The van der Waals surface area contributed by atoms with E-state index in [1.165, 1.54) is 23.1 Å². The summed E-state index contributed by atoms with van der Waals surface area (Å²) < 4.78 is 28.6. The van der Waals surface area contributed by atoms with E-state index < -0.39 is 28.5 Å². The Hall–Kier alpha value is -2.78. The Bertz CT molecular complexity index is 1410. The zero-order valence-electron chi connectivity index (χ0n) is 21.8. The third-order valence-corrected chi connectivity index (χ3v) is 8.92. The molecule has 0 radical (unpaired) electrons. The Morgan fingerprint density at radius 1 is 0.897 bits per heavy atom. The maximum Gasteiger partial charge on any atom is 0.264 e. The number of hydrogen-bond donors (Lipinski definition) is 1. The summed E-state index contributed by atoms with van der Waals surface area (Å²) in [6, 6.07) is 16.6. The van der Waals surface area contributed by atoms with Crippen molar-refractivity contribution in [1.29, 1.82) is 0 Å². The molecule has 1 atom stereocenters. The zero-order valence-corrected chi connectivity index (χ0v) is 24.9. The summed E-state index contributed by atoms with van der Waals surface area (Å²) in [6.07, 6.45) is 0.706. The van der Waals surface area contributed by atoms with Crippen LogP contribution >= 0.6 is 34.8 Å². The lowest BCUT2D eigenvalue weighted by Crippen LogP contribution is -2.51. The summed E-state index contributed by atoms with van der Waals surface area (Å²) in [5, 5.41) is 3.57. The van der Waals surface area contributed by atoms with Crippen LogP contribution in [0.3, 0.4) is 0 Å². The number of para-hydroxylation sites is 1. The second-order valence-electron chi connectivity index (χ2n) is 8.96. The van der Waals surface area contributed by atoms with Gasteiger partial charge in [0.2, 0.25) is 11.8 Å². The Morgan fingerprint density at radius 3 is 2.08 bits per heavy atom. The molecule has 0 heterocycles. The van der Waals surface area contributed by atoms with Gasteiger partial charge >= 0.3 is 0 Å². The molecule has 208 valence electrons. The van der Waals surface area contributed by atoms with Gasteiger partial charge in [-0.15, -0.1) is 0 Å². The smallest absolute Gasteiger partial charge is 0.264 e. The number of anilines is 1. The van der Waals surface area contributed by atoms with Crippen LogP contribution in [0.25, 0.3) is 0 Å². The van der Waals surface area contributed by atoms with Gasteiger partial charge in [-0.1, -0.05) is 77.6 Å². The number of sulfonamides is 1. The van der Waals surface area contributed by atoms with E-state index >= 15 is 0 Å². The highest BCUT2D eigenvalue weighted by Crippen LogP contribution is 2.31. The molecule has 0 aliphatic carbocycles. The molecule has 3 rings (SSSR count). The van der Waals surface area contributed by atoms with Crippen molar-refractivity contribution < 1.29 is 18.0 Å². The number of hydrogen-bond acceptors (Lipinski definition) is 4. The molecule has 3 aromatic carbocycles. The van der Waals surface area contributed by atoms with E-state index in [-0.39, 0.29) is 28.1 Å². The maximum absolute atomic E-state index is 13.9. The molecule has 0 bridgehead atoms. The average molecular weight is 611 g/mol. The molecule has 3 aromatic rings. The number of carbonyl (C=O) groups excluding carboxylic acids is 2. The fraction of sp³-hybridized carbons (Fsp3) is 0.286. The van der Waals surface area contributed by atoms with Gasteiger partial charge in [-0.05, 0) is 56.7 Å². The van der Waals surface area contributed by atoms with Crippen LogP contribution in [0, 0.1) is 6.92 Å². The monoisotopic (exact) mass is 609 g/mol. The molecule has 39 heavy (non-hydrogen) atoms. The first-order chi connectivity index (χ1) is 18.5. The second-order valence-corrected chi connectivity index (χ2v) is 12.0.